The van der Waals surface area contributed by atoms with Crippen LogP contribution in [0.25, 0.3) is 0 Å². The Balaban J connectivity index is 1.66. The number of Topliss-reactive ketones (excluding diaryl/α,β-unsaturated/α-hetero) is 1. The Labute approximate surface area is 201 Å². The van der Waals surface area contributed by atoms with Crippen LogP contribution in [0.3, 0.4) is 0 Å². The first kappa shape index (κ1) is 23.8. The smallest absolute Gasteiger partial charge is 0.132 e. The van der Waals surface area contributed by atoms with Gasteiger partial charge in [-0.15, -0.1) is 0 Å². The molecule has 1 saturated carbocycles. The molecule has 0 unspecified atom stereocenters. The predicted octanol–water partition coefficient (Wildman–Crippen LogP) is 5.02. The highest BCUT2D eigenvalue weighted by Crippen LogP contribution is 2.32. The van der Waals surface area contributed by atoms with Gasteiger partial charge in [0.1, 0.15) is 23.1 Å². The van der Waals surface area contributed by atoms with Crippen molar-refractivity contribution in [2.45, 2.75) is 51.3 Å². The number of hydrogen-bond donors (Lipinski definition) is 1. The molecule has 0 saturated heterocycles. The van der Waals surface area contributed by atoms with Crippen molar-refractivity contribution >= 4 is 11.6 Å². The second kappa shape index (κ2) is 11.2. The van der Waals surface area contributed by atoms with Crippen molar-refractivity contribution in [1.82, 2.24) is 4.98 Å². The number of pyridine rings is 1. The van der Waals surface area contributed by atoms with Crippen molar-refractivity contribution in [2.24, 2.45) is 0 Å². The Hall–Kier alpha value is -3.38. The lowest BCUT2D eigenvalue weighted by Gasteiger charge is -2.27. The average Bonchev–Trinajstić information content (AvgIpc) is 2.89. The first-order valence-corrected chi connectivity index (χ1v) is 11.7. The molecular weight excluding hydrogens is 428 g/mol. The van der Waals surface area contributed by atoms with E-state index in [4.69, 9.17) is 14.5 Å². The highest BCUT2D eigenvalue weighted by Gasteiger charge is 2.23. The molecule has 1 heterocycles. The molecule has 1 fully saturated rings. The third-order valence-corrected chi connectivity index (χ3v) is 6.42. The van der Waals surface area contributed by atoms with E-state index in [9.17, 15) is 9.90 Å². The summed E-state index contributed by atoms with van der Waals surface area (Å²) in [5.41, 5.74) is 4.07. The first-order valence-electron chi connectivity index (χ1n) is 11.7. The number of aromatic nitrogens is 1. The topological polar surface area (TPSA) is 71.9 Å². The molecule has 178 valence electrons. The van der Waals surface area contributed by atoms with Gasteiger partial charge in [0.05, 0.1) is 20.8 Å². The maximum absolute atomic E-state index is 11.7. The molecule has 1 aliphatic rings. The summed E-state index contributed by atoms with van der Waals surface area (Å²) in [5, 5.41) is 9.98. The summed E-state index contributed by atoms with van der Waals surface area (Å²) >= 11 is 0. The summed E-state index contributed by atoms with van der Waals surface area (Å²) in [4.78, 5) is 19.0. The molecular formula is C28H32N2O4. The van der Waals surface area contributed by atoms with Gasteiger partial charge >= 0.3 is 0 Å². The Bertz CT molecular complexity index is 1040. The van der Waals surface area contributed by atoms with Crippen LogP contribution in [0.4, 0.5) is 5.82 Å². The predicted molar refractivity (Wildman–Crippen MR) is 132 cm³/mol. The Morgan fingerprint density at radius 1 is 0.853 bits per heavy atom. The first-order chi connectivity index (χ1) is 16.6. The molecule has 0 spiro atoms. The highest BCUT2D eigenvalue weighted by atomic mass is 16.5. The zero-order chi connectivity index (χ0) is 23.9. The van der Waals surface area contributed by atoms with Crippen LogP contribution in [0.2, 0.25) is 0 Å². The van der Waals surface area contributed by atoms with Crippen molar-refractivity contribution in [1.29, 1.82) is 0 Å². The molecule has 0 amide bonds. The van der Waals surface area contributed by atoms with Crippen LogP contribution >= 0.6 is 0 Å². The van der Waals surface area contributed by atoms with Gasteiger partial charge in [-0.25, -0.2) is 4.98 Å². The Morgan fingerprint density at radius 3 is 1.85 bits per heavy atom. The number of methoxy groups -OCH3 is 2. The van der Waals surface area contributed by atoms with Crippen LogP contribution in [0, 0.1) is 0 Å². The fourth-order valence-electron chi connectivity index (χ4n) is 4.41. The fraction of sp³-hybridized carbons (Fsp3) is 0.357. The second-order valence-electron chi connectivity index (χ2n) is 8.78. The van der Waals surface area contributed by atoms with E-state index in [2.05, 4.69) is 29.2 Å². The van der Waals surface area contributed by atoms with Crippen molar-refractivity contribution < 1.29 is 19.4 Å². The number of carbonyl (C=O) groups is 1. The summed E-state index contributed by atoms with van der Waals surface area (Å²) < 4.78 is 10.6. The van der Waals surface area contributed by atoms with E-state index >= 15 is 0 Å². The van der Waals surface area contributed by atoms with E-state index in [1.165, 1.54) is 0 Å². The Kier molecular flexibility index (Phi) is 7.80. The zero-order valence-electron chi connectivity index (χ0n) is 19.9. The van der Waals surface area contributed by atoms with E-state index in [-0.39, 0.29) is 12.5 Å². The number of nitrogens with zero attached hydrogens (tertiary/aromatic N) is 2. The number of hydrogen-bond acceptors (Lipinski definition) is 6. The molecule has 4 rings (SSSR count). The number of ether oxygens (including phenoxy) is 2. The van der Waals surface area contributed by atoms with Crippen molar-refractivity contribution in [3.05, 3.63) is 83.0 Å². The van der Waals surface area contributed by atoms with Crippen molar-refractivity contribution in [3.8, 4) is 11.5 Å². The number of carbonyl (C=O) groups excluding carboxylic acids is 1. The average molecular weight is 461 g/mol. The lowest BCUT2D eigenvalue weighted by molar-refractivity contribution is -0.120. The van der Waals surface area contributed by atoms with Gasteiger partial charge in [0.2, 0.25) is 0 Å². The summed E-state index contributed by atoms with van der Waals surface area (Å²) in [6, 6.07) is 20.0. The SMILES string of the molecule is COc1ccc(CN(Cc2ccc(OC)cc2)c2cc(CO)cc(C3CCC(=O)CC3)n2)cc1. The molecule has 1 N–H and O–H groups in total. The summed E-state index contributed by atoms with van der Waals surface area (Å²) in [5.74, 6) is 3.03. The monoisotopic (exact) mass is 460 g/mol. The molecule has 6 heteroatoms. The molecule has 2 aromatic carbocycles. The van der Waals surface area contributed by atoms with Gasteiger partial charge in [0, 0.05) is 37.5 Å². The highest BCUT2D eigenvalue weighted by molar-refractivity contribution is 5.79. The van der Waals surface area contributed by atoms with Gasteiger partial charge in [-0.3, -0.25) is 4.79 Å². The number of benzene rings is 2. The maximum atomic E-state index is 11.7. The van der Waals surface area contributed by atoms with Crippen LogP contribution in [-0.2, 0) is 24.5 Å². The molecule has 0 bridgehead atoms. The molecule has 1 aromatic heterocycles. The number of aliphatic hydroxyl groups excluding tert-OH is 1. The molecule has 0 atom stereocenters. The maximum Gasteiger partial charge on any atom is 0.132 e. The fourth-order valence-corrected chi connectivity index (χ4v) is 4.41. The third kappa shape index (κ3) is 5.94. The van der Waals surface area contributed by atoms with E-state index in [0.717, 1.165) is 52.5 Å². The normalized spacial score (nSPS) is 14.1. The van der Waals surface area contributed by atoms with Crippen molar-refractivity contribution in [2.75, 3.05) is 19.1 Å². The number of anilines is 1. The number of rotatable bonds is 9. The van der Waals surface area contributed by atoms with Gasteiger partial charge < -0.3 is 19.5 Å². The lowest BCUT2D eigenvalue weighted by Crippen LogP contribution is -2.24. The minimum atomic E-state index is -0.0485. The van der Waals surface area contributed by atoms with Crippen LogP contribution in [0.15, 0.2) is 60.7 Å². The summed E-state index contributed by atoms with van der Waals surface area (Å²) in [6.07, 6.45) is 2.84. The molecule has 3 aromatic rings. The van der Waals surface area contributed by atoms with Gasteiger partial charge in [0.15, 0.2) is 0 Å². The van der Waals surface area contributed by atoms with E-state index in [1.807, 2.05) is 36.4 Å². The largest absolute Gasteiger partial charge is 0.497 e. The second-order valence-corrected chi connectivity index (χ2v) is 8.78. The van der Waals surface area contributed by atoms with Gasteiger partial charge in [0.25, 0.3) is 0 Å². The minimum Gasteiger partial charge on any atom is -0.497 e. The van der Waals surface area contributed by atoms with Crippen LogP contribution in [0.5, 0.6) is 11.5 Å². The summed E-state index contributed by atoms with van der Waals surface area (Å²) in [7, 11) is 3.32. The third-order valence-electron chi connectivity index (χ3n) is 6.42. The quantitative estimate of drug-likeness (QED) is 0.483. The summed E-state index contributed by atoms with van der Waals surface area (Å²) in [6.45, 7) is 1.26. The van der Waals surface area contributed by atoms with Crippen LogP contribution < -0.4 is 14.4 Å². The van der Waals surface area contributed by atoms with Gasteiger partial charge in [-0.1, -0.05) is 24.3 Å². The van der Waals surface area contributed by atoms with Gasteiger partial charge in [-0.2, -0.15) is 0 Å². The molecule has 6 nitrogen and oxygen atoms in total. The van der Waals surface area contributed by atoms with Crippen molar-refractivity contribution in [3.63, 3.8) is 0 Å². The van der Waals surface area contributed by atoms with E-state index < -0.39 is 0 Å². The van der Waals surface area contributed by atoms with E-state index in [0.29, 0.717) is 31.7 Å². The van der Waals surface area contributed by atoms with Crippen LogP contribution in [-0.4, -0.2) is 30.1 Å². The lowest BCUT2D eigenvalue weighted by atomic mass is 9.85. The molecule has 1 aliphatic carbocycles. The number of aliphatic hydroxyl groups is 1. The van der Waals surface area contributed by atoms with Gasteiger partial charge in [-0.05, 0) is 65.9 Å². The zero-order valence-corrected chi connectivity index (χ0v) is 19.9. The molecule has 0 aliphatic heterocycles. The number of ketones is 1. The van der Waals surface area contributed by atoms with E-state index in [1.54, 1.807) is 14.2 Å². The minimum absolute atomic E-state index is 0.0485. The Morgan fingerprint density at radius 2 is 1.38 bits per heavy atom. The molecule has 34 heavy (non-hydrogen) atoms. The molecule has 0 radical (unpaired) electrons. The van der Waals surface area contributed by atoms with Crippen LogP contribution in [0.1, 0.15) is 54.0 Å². The standard InChI is InChI=1S/C28H32N2O4/c1-33-25-11-3-20(4-12-25)17-30(18-21-5-13-26(34-2)14-6-21)28-16-22(19-31)15-27(29-28)23-7-9-24(32)10-8-23/h3-6,11-16,23,31H,7-10,17-19H2,1-2H3.